The minimum atomic E-state index is 0.0400. The molecule has 0 spiro atoms. The van der Waals surface area contributed by atoms with Gasteiger partial charge in [-0.2, -0.15) is 0 Å². The summed E-state index contributed by atoms with van der Waals surface area (Å²) in [7, 11) is 0. The topological polar surface area (TPSA) is 55.1 Å². The maximum Gasteiger partial charge on any atom is 0.226 e. The minimum Gasteiger partial charge on any atom is -0.444 e. The van der Waals surface area contributed by atoms with Crippen molar-refractivity contribution in [2.24, 2.45) is 17.8 Å². The Labute approximate surface area is 142 Å². The van der Waals surface area contributed by atoms with Gasteiger partial charge in [-0.25, -0.2) is 4.98 Å². The number of rotatable bonds is 5. The number of hydrogen-bond donors (Lipinski definition) is 1. The average molecular weight is 324 g/mol. The molecule has 1 amide bonds. The molecule has 1 heterocycles. The van der Waals surface area contributed by atoms with E-state index in [9.17, 15) is 4.79 Å². The van der Waals surface area contributed by atoms with Crippen LogP contribution in [0.1, 0.15) is 38.3 Å². The third-order valence-electron chi connectivity index (χ3n) is 5.74. The molecule has 4 rings (SSSR count). The minimum absolute atomic E-state index is 0.0400. The fourth-order valence-electron chi connectivity index (χ4n) is 4.58. The molecule has 0 unspecified atom stereocenters. The molecule has 2 fully saturated rings. The zero-order valence-electron chi connectivity index (χ0n) is 14.1. The number of aromatic nitrogens is 1. The molecule has 1 aromatic heterocycles. The third kappa shape index (κ3) is 3.10. The van der Waals surface area contributed by atoms with Gasteiger partial charge in [0.1, 0.15) is 6.26 Å². The van der Waals surface area contributed by atoms with Gasteiger partial charge >= 0.3 is 0 Å². The van der Waals surface area contributed by atoms with Crippen LogP contribution in [0.5, 0.6) is 0 Å². The highest BCUT2D eigenvalue weighted by molar-refractivity contribution is 5.78. The van der Waals surface area contributed by atoms with Gasteiger partial charge in [-0.1, -0.05) is 24.6 Å². The van der Waals surface area contributed by atoms with Gasteiger partial charge in [0, 0.05) is 11.6 Å². The Bertz CT molecular complexity index is 709. The second-order valence-corrected chi connectivity index (χ2v) is 7.38. The molecule has 1 aromatic carbocycles. The van der Waals surface area contributed by atoms with E-state index in [-0.39, 0.29) is 18.4 Å². The highest BCUT2D eigenvalue weighted by Crippen LogP contribution is 2.49. The van der Waals surface area contributed by atoms with E-state index in [4.69, 9.17) is 4.42 Å². The lowest BCUT2D eigenvalue weighted by atomic mass is 9.84. The summed E-state index contributed by atoms with van der Waals surface area (Å²) in [6, 6.07) is 10.0. The normalized spacial score (nSPS) is 26.5. The summed E-state index contributed by atoms with van der Waals surface area (Å²) in [4.78, 5) is 16.8. The molecule has 4 heteroatoms. The molecule has 4 nitrogen and oxygen atoms in total. The van der Waals surface area contributed by atoms with E-state index in [0.29, 0.717) is 17.5 Å². The molecule has 24 heavy (non-hydrogen) atoms. The second-order valence-electron chi connectivity index (χ2n) is 7.38. The summed E-state index contributed by atoms with van der Waals surface area (Å²) in [5.74, 6) is 2.99. The second kappa shape index (κ2) is 6.42. The van der Waals surface area contributed by atoms with Crippen molar-refractivity contribution in [3.63, 3.8) is 0 Å². The highest BCUT2D eigenvalue weighted by Gasteiger charge is 2.42. The van der Waals surface area contributed by atoms with E-state index < -0.39 is 0 Å². The van der Waals surface area contributed by atoms with Crippen molar-refractivity contribution < 1.29 is 9.21 Å². The predicted octanol–water partition coefficient (Wildman–Crippen LogP) is 3.83. The number of nitrogens with one attached hydrogen (secondary N) is 1. The molecule has 0 radical (unpaired) electrons. The van der Waals surface area contributed by atoms with Gasteiger partial charge in [-0.05, 0) is 56.1 Å². The van der Waals surface area contributed by atoms with Crippen molar-refractivity contribution in [2.75, 3.05) is 0 Å². The molecule has 0 aliphatic heterocycles. The van der Waals surface area contributed by atoms with Gasteiger partial charge in [-0.3, -0.25) is 4.79 Å². The summed E-state index contributed by atoms with van der Waals surface area (Å²) >= 11 is 0. The predicted molar refractivity (Wildman–Crippen MR) is 92.2 cm³/mol. The quantitative estimate of drug-likeness (QED) is 0.909. The lowest BCUT2D eigenvalue weighted by molar-refractivity contribution is -0.121. The number of carbonyl (C=O) groups is 1. The molecule has 1 N–H and O–H groups in total. The van der Waals surface area contributed by atoms with Crippen molar-refractivity contribution in [3.05, 3.63) is 42.3 Å². The molecule has 2 aromatic rings. The van der Waals surface area contributed by atoms with Crippen LogP contribution in [0.25, 0.3) is 11.5 Å². The Balaban J connectivity index is 1.34. The molecule has 126 valence electrons. The van der Waals surface area contributed by atoms with Gasteiger partial charge in [0.2, 0.25) is 11.8 Å². The summed E-state index contributed by atoms with van der Waals surface area (Å²) in [6.07, 6.45) is 7.26. The maximum atomic E-state index is 12.3. The van der Waals surface area contributed by atoms with Crippen LogP contribution >= 0.6 is 0 Å². The number of carbonyl (C=O) groups excluding carboxylic acids is 1. The molecule has 2 aliphatic carbocycles. The Morgan fingerprint density at radius 1 is 1.29 bits per heavy atom. The average Bonchev–Trinajstić information content (AvgIpc) is 3.32. The van der Waals surface area contributed by atoms with E-state index in [0.717, 1.165) is 17.4 Å². The van der Waals surface area contributed by atoms with Crippen molar-refractivity contribution in [3.8, 4) is 11.5 Å². The summed E-state index contributed by atoms with van der Waals surface area (Å²) in [5, 5.41) is 3.18. The third-order valence-corrected chi connectivity index (χ3v) is 5.74. The first-order chi connectivity index (χ1) is 11.7. The zero-order valence-corrected chi connectivity index (χ0v) is 14.1. The molecule has 2 aliphatic rings. The van der Waals surface area contributed by atoms with E-state index in [1.165, 1.54) is 25.7 Å². The fourth-order valence-corrected chi connectivity index (χ4v) is 4.58. The van der Waals surface area contributed by atoms with Gasteiger partial charge in [0.25, 0.3) is 0 Å². The van der Waals surface area contributed by atoms with E-state index in [1.54, 1.807) is 6.26 Å². The maximum absolute atomic E-state index is 12.3. The summed E-state index contributed by atoms with van der Waals surface area (Å²) in [6.45, 7) is 2.15. The number of fused-ring (bicyclic) bond motifs is 2. The van der Waals surface area contributed by atoms with Crippen LogP contribution in [0.15, 0.2) is 41.0 Å². The van der Waals surface area contributed by atoms with Crippen LogP contribution in [0.3, 0.4) is 0 Å². The van der Waals surface area contributed by atoms with Crippen molar-refractivity contribution >= 4 is 5.91 Å². The zero-order chi connectivity index (χ0) is 16.5. The molecule has 4 atom stereocenters. The van der Waals surface area contributed by atoms with Crippen LogP contribution in [-0.2, 0) is 11.2 Å². The Morgan fingerprint density at radius 2 is 2.12 bits per heavy atom. The first-order valence-electron chi connectivity index (χ1n) is 8.98. The lowest BCUT2D eigenvalue weighted by Gasteiger charge is -2.28. The van der Waals surface area contributed by atoms with Gasteiger partial charge in [-0.15, -0.1) is 0 Å². The Morgan fingerprint density at radius 3 is 2.83 bits per heavy atom. The van der Waals surface area contributed by atoms with E-state index in [1.807, 2.05) is 30.3 Å². The van der Waals surface area contributed by atoms with Crippen LogP contribution in [-0.4, -0.2) is 16.9 Å². The monoisotopic (exact) mass is 324 g/mol. The molecular weight excluding hydrogens is 300 g/mol. The summed E-state index contributed by atoms with van der Waals surface area (Å²) < 4.78 is 5.51. The number of oxazole rings is 1. The molecule has 2 bridgehead atoms. The summed E-state index contributed by atoms with van der Waals surface area (Å²) in [5.41, 5.74) is 1.62. The number of hydrogen-bond acceptors (Lipinski definition) is 3. The first-order valence-corrected chi connectivity index (χ1v) is 8.98. The molecular formula is C20H24N2O2. The van der Waals surface area contributed by atoms with Gasteiger partial charge in [0.05, 0.1) is 12.1 Å². The number of nitrogens with zero attached hydrogens (tertiary/aromatic N) is 1. The van der Waals surface area contributed by atoms with Crippen LogP contribution in [0.2, 0.25) is 0 Å². The van der Waals surface area contributed by atoms with Crippen LogP contribution in [0.4, 0.5) is 0 Å². The molecule has 2 saturated carbocycles. The van der Waals surface area contributed by atoms with Crippen LogP contribution in [0, 0.1) is 17.8 Å². The highest BCUT2D eigenvalue weighted by atomic mass is 16.3. The van der Waals surface area contributed by atoms with Crippen molar-refractivity contribution in [1.82, 2.24) is 10.3 Å². The first kappa shape index (κ1) is 15.4. The Kier molecular flexibility index (Phi) is 4.13. The van der Waals surface area contributed by atoms with Gasteiger partial charge < -0.3 is 9.73 Å². The van der Waals surface area contributed by atoms with Crippen LogP contribution < -0.4 is 5.32 Å². The van der Waals surface area contributed by atoms with Crippen molar-refractivity contribution in [2.45, 2.75) is 45.1 Å². The van der Waals surface area contributed by atoms with Crippen molar-refractivity contribution in [1.29, 1.82) is 0 Å². The van der Waals surface area contributed by atoms with Gasteiger partial charge in [0.15, 0.2) is 0 Å². The number of benzene rings is 1. The SMILES string of the molecule is C[C@H](NC(=O)Cc1coc(-c2ccccc2)n1)[C@@H]1C[C@@H]2CC[C@@H]1C2. The largest absolute Gasteiger partial charge is 0.444 e. The Hall–Kier alpha value is -2.10. The van der Waals surface area contributed by atoms with E-state index >= 15 is 0 Å². The molecule has 0 saturated heterocycles. The van der Waals surface area contributed by atoms with E-state index in [2.05, 4.69) is 17.2 Å². The fraction of sp³-hybridized carbons (Fsp3) is 0.500. The smallest absolute Gasteiger partial charge is 0.226 e. The lowest BCUT2D eigenvalue weighted by Crippen LogP contribution is -2.40. The standard InChI is InChI=1S/C20H24N2O2/c1-13(18-10-14-7-8-16(18)9-14)21-19(23)11-17-12-24-20(22-17)15-5-3-2-4-6-15/h2-6,12-14,16,18H,7-11H2,1H3,(H,21,23)/t13-,14+,16+,18-/m0/s1. The number of amides is 1.